The van der Waals surface area contributed by atoms with Gasteiger partial charge in [-0.1, -0.05) is 18.2 Å². The molecule has 0 aliphatic carbocycles. The molecule has 6 heteroatoms. The zero-order valence-electron chi connectivity index (χ0n) is 10.4. The Morgan fingerprint density at radius 2 is 2.11 bits per heavy atom. The number of hydrogen-bond donors (Lipinski definition) is 3. The number of benzene rings is 1. The minimum atomic E-state index is -1.14. The van der Waals surface area contributed by atoms with E-state index in [0.717, 1.165) is 22.2 Å². The fourth-order valence-corrected chi connectivity index (χ4v) is 1.94. The van der Waals surface area contributed by atoms with Gasteiger partial charge < -0.3 is 10.1 Å². The lowest BCUT2D eigenvalue weighted by molar-refractivity contribution is -0.149. The Morgan fingerprint density at radius 3 is 2.84 bits per heavy atom. The summed E-state index contributed by atoms with van der Waals surface area (Å²) < 4.78 is 0. The average molecular weight is 262 g/mol. The van der Waals surface area contributed by atoms with Crippen LogP contribution in [0.25, 0.3) is 10.9 Å². The molecule has 0 aliphatic heterocycles. The molecule has 0 fully saturated rings. The molecule has 0 atom stereocenters. The van der Waals surface area contributed by atoms with E-state index in [1.165, 1.54) is 0 Å². The number of hydrogen-bond acceptors (Lipinski definition) is 3. The van der Waals surface area contributed by atoms with E-state index < -0.39 is 12.6 Å². The summed E-state index contributed by atoms with van der Waals surface area (Å²) in [5.74, 6) is -1.52. The highest BCUT2D eigenvalue weighted by Crippen LogP contribution is 2.22. The van der Waals surface area contributed by atoms with Crippen LogP contribution in [-0.2, 0) is 20.8 Å². The van der Waals surface area contributed by atoms with E-state index in [1.807, 2.05) is 31.2 Å². The van der Waals surface area contributed by atoms with Crippen LogP contribution < -0.4 is 5.48 Å². The minimum absolute atomic E-state index is 0.134. The van der Waals surface area contributed by atoms with Crippen LogP contribution in [0.4, 0.5) is 0 Å². The molecular weight excluding hydrogens is 248 g/mol. The van der Waals surface area contributed by atoms with Crippen LogP contribution in [0.2, 0.25) is 0 Å². The molecule has 19 heavy (non-hydrogen) atoms. The van der Waals surface area contributed by atoms with Crippen molar-refractivity contribution < 1.29 is 19.5 Å². The van der Waals surface area contributed by atoms with Gasteiger partial charge in [-0.15, -0.1) is 0 Å². The van der Waals surface area contributed by atoms with Crippen molar-refractivity contribution in [2.45, 2.75) is 13.3 Å². The summed E-state index contributed by atoms with van der Waals surface area (Å²) in [5.41, 5.74) is 4.87. The third-order valence-electron chi connectivity index (χ3n) is 2.75. The number of H-pyrrole nitrogens is 1. The number of aromatic amines is 1. The topological polar surface area (TPSA) is 91.4 Å². The van der Waals surface area contributed by atoms with E-state index in [0.29, 0.717) is 0 Å². The normalized spacial score (nSPS) is 10.6. The first-order valence-electron chi connectivity index (χ1n) is 5.76. The molecule has 1 aromatic carbocycles. The van der Waals surface area contributed by atoms with Gasteiger partial charge in [0.2, 0.25) is 5.91 Å². The Morgan fingerprint density at radius 1 is 1.37 bits per heavy atom. The molecule has 1 amide bonds. The summed E-state index contributed by atoms with van der Waals surface area (Å²) in [4.78, 5) is 29.6. The minimum Gasteiger partial charge on any atom is -0.479 e. The van der Waals surface area contributed by atoms with Crippen molar-refractivity contribution in [3.05, 3.63) is 35.5 Å². The van der Waals surface area contributed by atoms with Gasteiger partial charge in [-0.05, 0) is 18.6 Å². The number of rotatable bonds is 5. The molecule has 0 spiro atoms. The number of carbonyl (C=O) groups is 2. The molecule has 6 nitrogen and oxygen atoms in total. The number of hydroxylamine groups is 1. The summed E-state index contributed by atoms with van der Waals surface area (Å²) in [6.45, 7) is 1.33. The molecule has 0 unspecified atom stereocenters. The number of fused-ring (bicyclic) bond motifs is 1. The molecular formula is C13H14N2O4. The Labute approximate surface area is 109 Å². The monoisotopic (exact) mass is 262 g/mol. The van der Waals surface area contributed by atoms with Crippen LogP contribution in [0.5, 0.6) is 0 Å². The maximum Gasteiger partial charge on any atom is 0.332 e. The summed E-state index contributed by atoms with van der Waals surface area (Å²) in [7, 11) is 0. The predicted molar refractivity (Wildman–Crippen MR) is 68.5 cm³/mol. The lowest BCUT2D eigenvalue weighted by atomic mass is 10.1. The Hall–Kier alpha value is -2.34. The molecule has 100 valence electrons. The predicted octanol–water partition coefficient (Wildman–Crippen LogP) is 1.15. The van der Waals surface area contributed by atoms with Gasteiger partial charge in [0.1, 0.15) is 0 Å². The number of carboxylic acid groups (broad SMARTS) is 1. The highest BCUT2D eigenvalue weighted by Gasteiger charge is 2.12. The van der Waals surface area contributed by atoms with Crippen LogP contribution in [0.1, 0.15) is 11.3 Å². The number of para-hydroxylation sites is 1. The second-order valence-corrected chi connectivity index (χ2v) is 4.16. The van der Waals surface area contributed by atoms with E-state index in [4.69, 9.17) is 5.11 Å². The second-order valence-electron chi connectivity index (χ2n) is 4.16. The van der Waals surface area contributed by atoms with E-state index in [1.54, 1.807) is 0 Å². The van der Waals surface area contributed by atoms with Crippen molar-refractivity contribution in [3.63, 3.8) is 0 Å². The number of carboxylic acids is 1. The number of amides is 1. The number of nitrogens with one attached hydrogen (secondary N) is 2. The van der Waals surface area contributed by atoms with Crippen LogP contribution in [0, 0.1) is 6.92 Å². The Balaban J connectivity index is 2.06. The second kappa shape index (κ2) is 5.53. The number of aliphatic carboxylic acids is 1. The van der Waals surface area contributed by atoms with Gasteiger partial charge in [-0.25, -0.2) is 10.3 Å². The Bertz CT molecular complexity index is 618. The van der Waals surface area contributed by atoms with Crippen molar-refractivity contribution in [3.8, 4) is 0 Å². The van der Waals surface area contributed by atoms with Crippen molar-refractivity contribution >= 4 is 22.8 Å². The average Bonchev–Trinajstić information content (AvgIpc) is 2.66. The van der Waals surface area contributed by atoms with E-state index in [9.17, 15) is 9.59 Å². The van der Waals surface area contributed by atoms with Crippen molar-refractivity contribution in [2.24, 2.45) is 0 Å². The summed E-state index contributed by atoms with van der Waals surface area (Å²) in [5, 5.41) is 9.37. The molecule has 0 aliphatic rings. The van der Waals surface area contributed by atoms with Gasteiger partial charge >= 0.3 is 5.97 Å². The zero-order chi connectivity index (χ0) is 13.8. The van der Waals surface area contributed by atoms with E-state index >= 15 is 0 Å². The van der Waals surface area contributed by atoms with Gasteiger partial charge in [0, 0.05) is 16.6 Å². The highest BCUT2D eigenvalue weighted by atomic mass is 16.7. The lowest BCUT2D eigenvalue weighted by Gasteiger charge is -2.04. The number of aromatic nitrogens is 1. The van der Waals surface area contributed by atoms with Crippen LogP contribution in [0.15, 0.2) is 24.3 Å². The fourth-order valence-electron chi connectivity index (χ4n) is 1.94. The fraction of sp³-hybridized carbons (Fsp3) is 0.231. The summed E-state index contributed by atoms with van der Waals surface area (Å²) in [6, 6.07) is 7.68. The molecule has 0 bridgehead atoms. The van der Waals surface area contributed by atoms with Gasteiger partial charge in [0.15, 0.2) is 6.61 Å². The molecule has 2 rings (SSSR count). The summed E-state index contributed by atoms with van der Waals surface area (Å²) in [6.07, 6.45) is 0.134. The standard InChI is InChI=1S/C13H14N2O4/c1-8-10(6-12(16)15-19-7-13(17)18)9-4-2-3-5-11(9)14-8/h2-5,14H,6-7H2,1H3,(H,15,16)(H,17,18). The van der Waals surface area contributed by atoms with E-state index in [2.05, 4.69) is 15.3 Å². The smallest absolute Gasteiger partial charge is 0.332 e. The molecule has 0 radical (unpaired) electrons. The van der Waals surface area contributed by atoms with Crippen LogP contribution in [0.3, 0.4) is 0 Å². The molecule has 3 N–H and O–H groups in total. The van der Waals surface area contributed by atoms with Crippen LogP contribution >= 0.6 is 0 Å². The zero-order valence-corrected chi connectivity index (χ0v) is 10.4. The van der Waals surface area contributed by atoms with Crippen molar-refractivity contribution in [2.75, 3.05) is 6.61 Å². The van der Waals surface area contributed by atoms with Gasteiger partial charge in [0.05, 0.1) is 6.42 Å². The maximum absolute atomic E-state index is 11.6. The van der Waals surface area contributed by atoms with Crippen molar-refractivity contribution in [1.29, 1.82) is 0 Å². The first kappa shape index (κ1) is 13.1. The van der Waals surface area contributed by atoms with Gasteiger partial charge in [-0.2, -0.15) is 0 Å². The molecule has 2 aromatic rings. The number of carbonyl (C=O) groups excluding carboxylic acids is 1. The van der Waals surface area contributed by atoms with E-state index in [-0.39, 0.29) is 12.3 Å². The first-order chi connectivity index (χ1) is 9.08. The third-order valence-corrected chi connectivity index (χ3v) is 2.75. The first-order valence-corrected chi connectivity index (χ1v) is 5.76. The highest BCUT2D eigenvalue weighted by molar-refractivity contribution is 5.89. The van der Waals surface area contributed by atoms with Gasteiger partial charge in [0.25, 0.3) is 0 Å². The number of aryl methyl sites for hydroxylation is 1. The Kier molecular flexibility index (Phi) is 3.82. The maximum atomic E-state index is 11.6. The van der Waals surface area contributed by atoms with Gasteiger partial charge in [-0.3, -0.25) is 9.63 Å². The molecule has 0 saturated carbocycles. The molecule has 1 aromatic heterocycles. The quantitative estimate of drug-likeness (QED) is 0.705. The molecule has 1 heterocycles. The van der Waals surface area contributed by atoms with Crippen molar-refractivity contribution in [1.82, 2.24) is 10.5 Å². The third kappa shape index (κ3) is 3.11. The largest absolute Gasteiger partial charge is 0.479 e. The lowest BCUT2D eigenvalue weighted by Crippen LogP contribution is -2.28. The van der Waals surface area contributed by atoms with Crippen LogP contribution in [-0.4, -0.2) is 28.6 Å². The SMILES string of the molecule is Cc1[nH]c2ccccc2c1CC(=O)NOCC(=O)O. The summed E-state index contributed by atoms with van der Waals surface area (Å²) >= 11 is 0. The molecule has 0 saturated heterocycles.